The van der Waals surface area contributed by atoms with Crippen LogP contribution in [0.15, 0.2) is 36.4 Å². The fourth-order valence-electron chi connectivity index (χ4n) is 1.42. The fourth-order valence-corrected chi connectivity index (χ4v) is 1.42. The molecule has 0 unspecified atom stereocenters. The first-order valence-electron chi connectivity index (χ1n) is 5.72. The molecule has 0 atom stereocenters. The predicted octanol–water partition coefficient (Wildman–Crippen LogP) is 2.11. The Bertz CT molecular complexity index is 475. The van der Waals surface area contributed by atoms with Crippen molar-refractivity contribution in [3.05, 3.63) is 42.0 Å². The Kier molecular flexibility index (Phi) is 5.46. The lowest BCUT2D eigenvalue weighted by atomic mass is 10.2. The van der Waals surface area contributed by atoms with Crippen LogP contribution in [0.25, 0.3) is 0 Å². The summed E-state index contributed by atoms with van der Waals surface area (Å²) in [6.07, 6.45) is 3.14. The van der Waals surface area contributed by atoms with Crippen molar-refractivity contribution in [2.45, 2.75) is 6.92 Å². The molecule has 0 saturated carbocycles. The molecule has 1 aromatic rings. The maximum absolute atomic E-state index is 11.1. The van der Waals surface area contributed by atoms with Crippen LogP contribution in [-0.2, 0) is 9.53 Å². The number of carbonyl (C=O) groups is 1. The second kappa shape index (κ2) is 7.13. The Morgan fingerprint density at radius 3 is 3.00 bits per heavy atom. The van der Waals surface area contributed by atoms with Crippen molar-refractivity contribution in [1.29, 1.82) is 5.26 Å². The molecule has 0 bridgehead atoms. The van der Waals surface area contributed by atoms with Crippen molar-refractivity contribution < 1.29 is 9.53 Å². The molecule has 0 radical (unpaired) electrons. The van der Waals surface area contributed by atoms with Gasteiger partial charge in [0, 0.05) is 25.4 Å². The van der Waals surface area contributed by atoms with Crippen LogP contribution in [-0.4, -0.2) is 26.2 Å². The third-order valence-corrected chi connectivity index (χ3v) is 2.34. The summed E-state index contributed by atoms with van der Waals surface area (Å²) in [6, 6.07) is 9.40. The zero-order chi connectivity index (χ0) is 13.4. The summed E-state index contributed by atoms with van der Waals surface area (Å²) in [7, 11) is 1.89. The van der Waals surface area contributed by atoms with Gasteiger partial charge >= 0.3 is 5.97 Å². The number of rotatable bonds is 5. The van der Waals surface area contributed by atoms with Crippen LogP contribution in [0.1, 0.15) is 12.5 Å². The van der Waals surface area contributed by atoms with Crippen LogP contribution in [0.2, 0.25) is 0 Å². The van der Waals surface area contributed by atoms with Crippen LogP contribution in [0.5, 0.6) is 0 Å². The number of likely N-dealkylation sites (N-methyl/N-ethyl adjacent to an activating group) is 1. The van der Waals surface area contributed by atoms with E-state index >= 15 is 0 Å². The fraction of sp³-hybridized carbons (Fsp3) is 0.286. The van der Waals surface area contributed by atoms with E-state index in [2.05, 4.69) is 6.07 Å². The first kappa shape index (κ1) is 13.8. The van der Waals surface area contributed by atoms with E-state index in [1.165, 1.54) is 6.08 Å². The molecule has 0 N–H and O–H groups in total. The average Bonchev–Trinajstić information content (AvgIpc) is 2.39. The largest absolute Gasteiger partial charge is 0.463 e. The van der Waals surface area contributed by atoms with E-state index < -0.39 is 0 Å². The van der Waals surface area contributed by atoms with Gasteiger partial charge in [0.25, 0.3) is 0 Å². The second-order valence-electron chi connectivity index (χ2n) is 3.70. The number of benzene rings is 1. The Hall–Kier alpha value is -2.28. The summed E-state index contributed by atoms with van der Waals surface area (Å²) >= 11 is 0. The summed E-state index contributed by atoms with van der Waals surface area (Å²) in [6.45, 7) is 2.72. The summed E-state index contributed by atoms with van der Waals surface area (Å²) in [5.74, 6) is -0.336. The van der Waals surface area contributed by atoms with Gasteiger partial charge in [-0.15, -0.1) is 0 Å². The first-order valence-corrected chi connectivity index (χ1v) is 5.72. The minimum atomic E-state index is -0.336. The predicted molar refractivity (Wildman–Crippen MR) is 70.2 cm³/mol. The van der Waals surface area contributed by atoms with Crippen molar-refractivity contribution in [3.63, 3.8) is 0 Å². The Morgan fingerprint density at radius 1 is 1.56 bits per heavy atom. The molecular weight excluding hydrogens is 228 g/mol. The highest BCUT2D eigenvalue weighted by atomic mass is 16.5. The molecular formula is C14H16N2O2. The van der Waals surface area contributed by atoms with Crippen LogP contribution >= 0.6 is 0 Å². The number of nitriles is 1. The number of nitrogens with zero attached hydrogens (tertiary/aromatic N) is 2. The molecule has 94 valence electrons. The van der Waals surface area contributed by atoms with Crippen LogP contribution < -0.4 is 4.90 Å². The summed E-state index contributed by atoms with van der Waals surface area (Å²) in [4.78, 5) is 13.0. The van der Waals surface area contributed by atoms with Crippen molar-refractivity contribution in [2.24, 2.45) is 0 Å². The second-order valence-corrected chi connectivity index (χ2v) is 3.70. The Balaban J connectivity index is 2.57. The van der Waals surface area contributed by atoms with Gasteiger partial charge in [-0.25, -0.2) is 4.79 Å². The highest BCUT2D eigenvalue weighted by Crippen LogP contribution is 2.13. The number of anilines is 1. The van der Waals surface area contributed by atoms with Crippen molar-refractivity contribution in [2.75, 3.05) is 25.1 Å². The molecule has 0 aliphatic heterocycles. The van der Waals surface area contributed by atoms with Crippen LogP contribution in [0.3, 0.4) is 0 Å². The number of ether oxygens (including phenoxy) is 1. The van der Waals surface area contributed by atoms with Crippen molar-refractivity contribution in [3.8, 4) is 6.07 Å². The molecule has 0 aliphatic rings. The van der Waals surface area contributed by atoms with Gasteiger partial charge in [0.2, 0.25) is 0 Å². The maximum atomic E-state index is 11.1. The minimum Gasteiger partial charge on any atom is -0.463 e. The molecule has 0 spiro atoms. The normalized spacial score (nSPS) is 10.1. The molecule has 1 rings (SSSR count). The standard InChI is InChI=1S/C14H16N2O2/c1-3-18-14(17)8-5-9-16(2)13-7-4-6-12(10-13)11-15/h4-8,10H,3,9H2,1-2H3/b8-5+. The monoisotopic (exact) mass is 244 g/mol. The lowest BCUT2D eigenvalue weighted by Crippen LogP contribution is -2.17. The highest BCUT2D eigenvalue weighted by molar-refractivity contribution is 5.81. The number of hydrogen-bond donors (Lipinski definition) is 0. The van der Waals surface area contributed by atoms with Gasteiger partial charge in [0.05, 0.1) is 18.2 Å². The topological polar surface area (TPSA) is 53.3 Å². The SMILES string of the molecule is CCOC(=O)/C=C/CN(C)c1cccc(C#N)c1. The molecule has 0 aromatic heterocycles. The van der Waals surface area contributed by atoms with E-state index in [9.17, 15) is 4.79 Å². The molecule has 4 heteroatoms. The number of carbonyl (C=O) groups excluding carboxylic acids is 1. The third-order valence-electron chi connectivity index (χ3n) is 2.34. The average molecular weight is 244 g/mol. The third kappa shape index (κ3) is 4.30. The lowest BCUT2D eigenvalue weighted by Gasteiger charge is -2.17. The van der Waals surface area contributed by atoms with E-state index in [1.807, 2.05) is 24.1 Å². The Labute approximate surface area is 107 Å². The minimum absolute atomic E-state index is 0.336. The van der Waals surface area contributed by atoms with Crippen LogP contribution in [0.4, 0.5) is 5.69 Å². The highest BCUT2D eigenvalue weighted by Gasteiger charge is 2.00. The molecule has 18 heavy (non-hydrogen) atoms. The lowest BCUT2D eigenvalue weighted by molar-refractivity contribution is -0.137. The first-order chi connectivity index (χ1) is 8.67. The molecule has 1 aromatic carbocycles. The van der Waals surface area contributed by atoms with E-state index in [0.29, 0.717) is 18.7 Å². The maximum Gasteiger partial charge on any atom is 0.330 e. The zero-order valence-electron chi connectivity index (χ0n) is 10.6. The van der Waals surface area contributed by atoms with Gasteiger partial charge in [0.1, 0.15) is 0 Å². The van der Waals surface area contributed by atoms with Crippen molar-refractivity contribution >= 4 is 11.7 Å². The zero-order valence-corrected chi connectivity index (χ0v) is 10.6. The van der Waals surface area contributed by atoms with Crippen LogP contribution in [0, 0.1) is 11.3 Å². The van der Waals surface area contributed by atoms with E-state index in [-0.39, 0.29) is 5.97 Å². The summed E-state index contributed by atoms with van der Waals surface area (Å²) < 4.78 is 4.78. The molecule has 0 fully saturated rings. The molecule has 0 saturated heterocycles. The van der Waals surface area contributed by atoms with Gasteiger partial charge in [-0.1, -0.05) is 12.1 Å². The van der Waals surface area contributed by atoms with E-state index in [1.54, 1.807) is 25.1 Å². The van der Waals surface area contributed by atoms with Gasteiger partial charge < -0.3 is 9.64 Å². The van der Waals surface area contributed by atoms with Gasteiger partial charge in [-0.3, -0.25) is 0 Å². The molecule has 0 amide bonds. The number of hydrogen-bond acceptors (Lipinski definition) is 4. The molecule has 0 heterocycles. The van der Waals surface area contributed by atoms with E-state index in [0.717, 1.165) is 5.69 Å². The quantitative estimate of drug-likeness (QED) is 0.588. The molecule has 0 aliphatic carbocycles. The van der Waals surface area contributed by atoms with Gasteiger partial charge in [0.15, 0.2) is 0 Å². The molecule has 4 nitrogen and oxygen atoms in total. The Morgan fingerprint density at radius 2 is 2.33 bits per heavy atom. The smallest absolute Gasteiger partial charge is 0.330 e. The summed E-state index contributed by atoms with van der Waals surface area (Å²) in [5.41, 5.74) is 1.55. The van der Waals surface area contributed by atoms with E-state index in [4.69, 9.17) is 10.00 Å². The van der Waals surface area contributed by atoms with Gasteiger partial charge in [-0.05, 0) is 25.1 Å². The summed E-state index contributed by atoms with van der Waals surface area (Å²) in [5, 5.41) is 8.81. The van der Waals surface area contributed by atoms with Gasteiger partial charge in [-0.2, -0.15) is 5.26 Å². The van der Waals surface area contributed by atoms with Crippen molar-refractivity contribution in [1.82, 2.24) is 0 Å². The number of esters is 1.